The maximum atomic E-state index is 13.9. The highest BCUT2D eigenvalue weighted by Crippen LogP contribution is 2.41. The van der Waals surface area contributed by atoms with Crippen LogP contribution in [0.2, 0.25) is 15.1 Å². The van der Waals surface area contributed by atoms with Crippen molar-refractivity contribution in [2.45, 2.75) is 36.9 Å². The van der Waals surface area contributed by atoms with Crippen LogP contribution in [0.4, 0.5) is 39.5 Å². The second-order valence-electron chi connectivity index (χ2n) is 8.62. The molecule has 0 spiro atoms. The number of halogens is 12. The van der Waals surface area contributed by atoms with Gasteiger partial charge < -0.3 is 10.6 Å². The maximum absolute atomic E-state index is 13.9. The molecule has 2 amide bonds. The number of amides is 2. The van der Waals surface area contributed by atoms with Crippen LogP contribution >= 0.6 is 46.6 Å². The minimum atomic E-state index is -5.18. The lowest BCUT2D eigenvalue weighted by molar-refractivity contribution is -0.140. The van der Waals surface area contributed by atoms with Crippen LogP contribution in [0.3, 0.4) is 0 Å². The highest BCUT2D eigenvalue weighted by atomic mass is 35.5. The number of benzene rings is 2. The third-order valence-electron chi connectivity index (χ3n) is 5.49. The lowest BCUT2D eigenvalue weighted by Crippen LogP contribution is -2.49. The molecule has 17 heteroatoms. The van der Waals surface area contributed by atoms with E-state index in [1.54, 1.807) is 11.6 Å². The number of allylic oxidation sites excluding steroid dienone is 1. The standard InChI is InChI=1S/C25H20Cl3F9N2O2S/c1-42-7-6-19(22(41)38-11-23(29,30)31)39-21(40)14-4-2-12(8-16(14)25(35,36)37)3-5-15(24(32,33)34)13-9-17(26)20(28)18(27)10-13/h2-5,8-10,15,19H,6-7,11H2,1H3,(H,38,41)(H,39,40)/b5-3+. The molecular formula is C25H20Cl3F9N2O2S. The summed E-state index contributed by atoms with van der Waals surface area (Å²) in [4.78, 5) is 25.0. The molecule has 0 bridgehead atoms. The fourth-order valence-electron chi connectivity index (χ4n) is 3.52. The first-order valence-corrected chi connectivity index (χ1v) is 14.0. The van der Waals surface area contributed by atoms with Gasteiger partial charge in [0.05, 0.1) is 32.1 Å². The van der Waals surface area contributed by atoms with Gasteiger partial charge in [-0.15, -0.1) is 0 Å². The summed E-state index contributed by atoms with van der Waals surface area (Å²) in [6.45, 7) is -1.72. The molecule has 0 aliphatic carbocycles. The Labute approximate surface area is 252 Å². The van der Waals surface area contributed by atoms with Gasteiger partial charge in [-0.1, -0.05) is 53.0 Å². The first-order chi connectivity index (χ1) is 19.2. The molecule has 0 fully saturated rings. The van der Waals surface area contributed by atoms with E-state index >= 15 is 0 Å². The van der Waals surface area contributed by atoms with Crippen molar-refractivity contribution in [1.29, 1.82) is 0 Å². The topological polar surface area (TPSA) is 58.2 Å². The molecular weight excluding hydrogens is 670 g/mol. The fourth-order valence-corrected chi connectivity index (χ4v) is 4.60. The van der Waals surface area contributed by atoms with Crippen molar-refractivity contribution in [2.24, 2.45) is 0 Å². The average molecular weight is 690 g/mol. The number of rotatable bonds is 10. The lowest BCUT2D eigenvalue weighted by atomic mass is 9.96. The minimum absolute atomic E-state index is 0.171. The number of nitrogens with one attached hydrogen (secondary N) is 2. The molecule has 0 saturated carbocycles. The molecule has 2 N–H and O–H groups in total. The first kappa shape index (κ1) is 35.9. The summed E-state index contributed by atoms with van der Waals surface area (Å²) in [5, 5.41) is 2.83. The Morgan fingerprint density at radius 2 is 1.55 bits per heavy atom. The minimum Gasteiger partial charge on any atom is -0.345 e. The predicted molar refractivity (Wildman–Crippen MR) is 144 cm³/mol. The Balaban J connectivity index is 2.43. The summed E-state index contributed by atoms with van der Waals surface area (Å²) in [6.07, 6.45) is -12.2. The van der Waals surface area contributed by atoms with Crippen LogP contribution in [0.5, 0.6) is 0 Å². The van der Waals surface area contributed by atoms with Gasteiger partial charge in [-0.3, -0.25) is 9.59 Å². The van der Waals surface area contributed by atoms with Gasteiger partial charge in [0, 0.05) is 0 Å². The van der Waals surface area contributed by atoms with E-state index in [0.29, 0.717) is 18.2 Å². The molecule has 0 heterocycles. The van der Waals surface area contributed by atoms with E-state index < -0.39 is 65.5 Å². The molecule has 0 aromatic heterocycles. The van der Waals surface area contributed by atoms with Crippen LogP contribution in [-0.4, -0.2) is 48.8 Å². The second kappa shape index (κ2) is 14.5. The van der Waals surface area contributed by atoms with Gasteiger partial charge in [0.1, 0.15) is 12.6 Å². The molecule has 42 heavy (non-hydrogen) atoms. The maximum Gasteiger partial charge on any atom is 0.417 e. The fraction of sp³-hybridized carbons (Fsp3) is 0.360. The number of thioether (sulfide) groups is 1. The van der Waals surface area contributed by atoms with Crippen LogP contribution in [0.1, 0.15) is 39.4 Å². The third kappa shape index (κ3) is 10.5. The normalized spacial score (nSPS) is 14.1. The van der Waals surface area contributed by atoms with E-state index in [1.165, 1.54) is 11.8 Å². The zero-order chi connectivity index (χ0) is 32.0. The zero-order valence-electron chi connectivity index (χ0n) is 21.1. The lowest BCUT2D eigenvalue weighted by Gasteiger charge is -2.20. The molecule has 2 aromatic carbocycles. The molecule has 0 aliphatic heterocycles. The zero-order valence-corrected chi connectivity index (χ0v) is 24.2. The van der Waals surface area contributed by atoms with Crippen LogP contribution in [0.25, 0.3) is 6.08 Å². The molecule has 2 rings (SSSR count). The number of carbonyl (C=O) groups excluding carboxylic acids is 2. The van der Waals surface area contributed by atoms with Crippen molar-refractivity contribution in [3.63, 3.8) is 0 Å². The summed E-state index contributed by atoms with van der Waals surface area (Å²) in [5.74, 6) is -4.87. The molecule has 2 aromatic rings. The Morgan fingerprint density at radius 3 is 2.05 bits per heavy atom. The number of carbonyl (C=O) groups is 2. The van der Waals surface area contributed by atoms with Gasteiger partial charge in [-0.25, -0.2) is 0 Å². The Hall–Kier alpha value is -2.29. The van der Waals surface area contributed by atoms with Crippen molar-refractivity contribution in [2.75, 3.05) is 18.6 Å². The highest BCUT2D eigenvalue weighted by Gasteiger charge is 2.40. The van der Waals surface area contributed by atoms with Crippen molar-refractivity contribution < 1.29 is 49.1 Å². The van der Waals surface area contributed by atoms with Gasteiger partial charge in [0.25, 0.3) is 5.91 Å². The molecule has 0 radical (unpaired) electrons. The predicted octanol–water partition coefficient (Wildman–Crippen LogP) is 8.55. The highest BCUT2D eigenvalue weighted by molar-refractivity contribution is 7.98. The van der Waals surface area contributed by atoms with Crippen molar-refractivity contribution in [3.8, 4) is 0 Å². The molecule has 232 valence electrons. The quantitative estimate of drug-likeness (QED) is 0.194. The largest absolute Gasteiger partial charge is 0.417 e. The van der Waals surface area contributed by atoms with Gasteiger partial charge in [0.2, 0.25) is 5.91 Å². The van der Waals surface area contributed by atoms with Crippen LogP contribution < -0.4 is 10.6 Å². The Morgan fingerprint density at radius 1 is 0.952 bits per heavy atom. The van der Waals surface area contributed by atoms with Crippen molar-refractivity contribution >= 4 is 64.5 Å². The molecule has 2 unspecified atom stereocenters. The van der Waals surface area contributed by atoms with Gasteiger partial charge in [-0.05, 0) is 53.8 Å². The van der Waals surface area contributed by atoms with E-state index in [0.717, 1.165) is 24.3 Å². The SMILES string of the molecule is CSCCC(NC(=O)c1ccc(/C=C/C(c2cc(Cl)c(Cl)c(Cl)c2)C(F)(F)F)cc1C(F)(F)F)C(=O)NCC(F)(F)F. The number of hydrogen-bond donors (Lipinski definition) is 2. The van der Waals surface area contributed by atoms with Crippen LogP contribution in [0.15, 0.2) is 36.4 Å². The monoisotopic (exact) mass is 688 g/mol. The Bertz CT molecular complexity index is 1290. The summed E-state index contributed by atoms with van der Waals surface area (Å²) in [7, 11) is 0. The van der Waals surface area contributed by atoms with E-state index in [4.69, 9.17) is 34.8 Å². The van der Waals surface area contributed by atoms with E-state index in [1.807, 2.05) is 5.32 Å². The van der Waals surface area contributed by atoms with E-state index in [9.17, 15) is 49.1 Å². The smallest absolute Gasteiger partial charge is 0.345 e. The van der Waals surface area contributed by atoms with Gasteiger partial charge in [-0.2, -0.15) is 51.3 Å². The summed E-state index contributed by atoms with van der Waals surface area (Å²) >= 11 is 18.6. The van der Waals surface area contributed by atoms with Crippen LogP contribution in [0, 0.1) is 0 Å². The molecule has 4 nitrogen and oxygen atoms in total. The Kier molecular flexibility index (Phi) is 12.4. The number of hydrogen-bond acceptors (Lipinski definition) is 3. The van der Waals surface area contributed by atoms with Crippen LogP contribution in [-0.2, 0) is 11.0 Å². The summed E-state index contributed by atoms with van der Waals surface area (Å²) in [6, 6.07) is 2.24. The third-order valence-corrected chi connectivity index (χ3v) is 7.33. The van der Waals surface area contributed by atoms with Crippen molar-refractivity contribution in [3.05, 3.63) is 73.7 Å². The molecule has 0 aliphatic rings. The van der Waals surface area contributed by atoms with Gasteiger partial charge in [0.15, 0.2) is 0 Å². The van der Waals surface area contributed by atoms with Crippen molar-refractivity contribution in [1.82, 2.24) is 10.6 Å². The summed E-state index contributed by atoms with van der Waals surface area (Å²) < 4.78 is 121. The average Bonchev–Trinajstić information content (AvgIpc) is 2.86. The summed E-state index contributed by atoms with van der Waals surface area (Å²) in [5.41, 5.74) is -3.37. The van der Waals surface area contributed by atoms with Gasteiger partial charge >= 0.3 is 18.5 Å². The van der Waals surface area contributed by atoms with E-state index in [-0.39, 0.29) is 32.8 Å². The second-order valence-corrected chi connectivity index (χ2v) is 10.8. The molecule has 2 atom stereocenters. The first-order valence-electron chi connectivity index (χ1n) is 11.5. The van der Waals surface area contributed by atoms with E-state index in [2.05, 4.69) is 0 Å². The molecule has 0 saturated heterocycles. The number of alkyl halides is 9.